The van der Waals surface area contributed by atoms with Crippen LogP contribution in [-0.2, 0) is 0 Å². The normalized spacial score (nSPS) is 11.4. The molecule has 0 fully saturated rings. The van der Waals surface area contributed by atoms with Crippen LogP contribution < -0.4 is 76.5 Å². The predicted molar refractivity (Wildman–Crippen MR) is 167 cm³/mol. The van der Waals surface area contributed by atoms with Crippen molar-refractivity contribution in [2.45, 2.75) is 0 Å². The summed E-state index contributed by atoms with van der Waals surface area (Å²) in [6.45, 7) is 0. The molecule has 0 saturated heterocycles. The second kappa shape index (κ2) is 9.21. The third kappa shape index (κ3) is 3.54. The molecule has 0 aliphatic heterocycles. The summed E-state index contributed by atoms with van der Waals surface area (Å²) in [7, 11) is 78.9. The molecular weight excluding hydrogens is 424 g/mol. The molecule has 4 rings (SSSR count). The summed E-state index contributed by atoms with van der Waals surface area (Å²) in [5, 5.41) is 21.1. The van der Waals surface area contributed by atoms with Gasteiger partial charge in [0.1, 0.15) is 102 Å². The maximum atomic E-state index is 10.5. The minimum atomic E-state index is -2.16. The Bertz CT molecular complexity index is 1540. The molecule has 0 aliphatic carbocycles. The highest BCUT2D eigenvalue weighted by Crippen LogP contribution is 2.30. The van der Waals surface area contributed by atoms with Crippen molar-refractivity contribution < 1.29 is 10.0 Å². The Hall–Kier alpha value is -1.77. The standard InChI is InChI=1S/C20H2B14O2/c21-7-2-1(4-9(23)15(29)19(33)16(30)10(4)24)3-6(12(26)18(32)14(28)8(3)22)20(34(35)36)5(2)11(25)17(31)13(7)27/h35-36H. The molecule has 26 radical (unpaired) electrons. The molecule has 4 aromatic rings. The van der Waals surface area contributed by atoms with E-state index < -0.39 is 7.12 Å². The lowest BCUT2D eigenvalue weighted by Crippen LogP contribution is -2.56. The fourth-order valence-corrected chi connectivity index (χ4v) is 4.61. The van der Waals surface area contributed by atoms with Crippen LogP contribution in [0.25, 0.3) is 32.7 Å². The quantitative estimate of drug-likeness (QED) is 0.247. The van der Waals surface area contributed by atoms with E-state index in [4.69, 9.17) is 102 Å². The van der Waals surface area contributed by atoms with Crippen LogP contribution in [0.1, 0.15) is 0 Å². The monoisotopic (exact) mass is 428 g/mol. The van der Waals surface area contributed by atoms with Gasteiger partial charge in [0.05, 0.1) is 0 Å². The minimum Gasteiger partial charge on any atom is -0.423 e. The van der Waals surface area contributed by atoms with Gasteiger partial charge in [-0.15, -0.1) is 38.2 Å². The van der Waals surface area contributed by atoms with Crippen molar-refractivity contribution in [3.8, 4) is 11.1 Å². The van der Waals surface area contributed by atoms with E-state index in [1.807, 2.05) is 0 Å². The molecule has 0 saturated carbocycles. The van der Waals surface area contributed by atoms with E-state index in [2.05, 4.69) is 0 Å². The predicted octanol–water partition coefficient (Wildman–Crippen LogP) is -12.3. The first-order chi connectivity index (χ1) is 16.7. The molecule has 0 spiro atoms. The molecule has 0 aromatic heterocycles. The van der Waals surface area contributed by atoms with Crippen LogP contribution in [0, 0.1) is 0 Å². The Morgan fingerprint density at radius 1 is 0.306 bits per heavy atom. The summed E-state index contributed by atoms with van der Waals surface area (Å²) in [4.78, 5) is 0. The van der Waals surface area contributed by atoms with Gasteiger partial charge in [0.25, 0.3) is 0 Å². The number of benzene rings is 4. The molecule has 4 aromatic carbocycles. The third-order valence-corrected chi connectivity index (χ3v) is 6.56. The van der Waals surface area contributed by atoms with Crippen LogP contribution in [0.4, 0.5) is 0 Å². The van der Waals surface area contributed by atoms with Gasteiger partial charge in [0, 0.05) is 0 Å². The maximum Gasteiger partial charge on any atom is 0.489 e. The van der Waals surface area contributed by atoms with Crippen LogP contribution in [0.3, 0.4) is 0 Å². The Labute approximate surface area is 227 Å². The molecular formula is C20H2B14O2. The zero-order valence-corrected chi connectivity index (χ0v) is 19.0. The van der Waals surface area contributed by atoms with Crippen molar-refractivity contribution in [3.05, 3.63) is 0 Å². The average molecular weight is 426 g/mol. The van der Waals surface area contributed by atoms with Gasteiger partial charge in [-0.25, -0.2) is 0 Å². The molecule has 0 heterocycles. The van der Waals surface area contributed by atoms with Crippen LogP contribution in [0.5, 0.6) is 0 Å². The highest BCUT2D eigenvalue weighted by molar-refractivity contribution is 6.78. The fraction of sp³-hybridized carbons (Fsp3) is 0. The summed E-state index contributed by atoms with van der Waals surface area (Å²) >= 11 is 0. The van der Waals surface area contributed by atoms with E-state index in [1.54, 1.807) is 0 Å². The van der Waals surface area contributed by atoms with Crippen molar-refractivity contribution in [1.82, 2.24) is 0 Å². The molecule has 0 unspecified atom stereocenters. The van der Waals surface area contributed by atoms with E-state index in [0.717, 1.165) is 0 Å². The van der Waals surface area contributed by atoms with Gasteiger partial charge in [-0.3, -0.25) is 0 Å². The first-order valence-corrected chi connectivity index (χ1v) is 10.3. The minimum absolute atomic E-state index is 0.0141. The molecule has 0 atom stereocenters. The zero-order chi connectivity index (χ0) is 27.1. The molecule has 0 bridgehead atoms. The van der Waals surface area contributed by atoms with Crippen molar-refractivity contribution in [2.75, 3.05) is 0 Å². The molecule has 36 heavy (non-hydrogen) atoms. The van der Waals surface area contributed by atoms with Crippen LogP contribution in [0.2, 0.25) is 0 Å². The van der Waals surface area contributed by atoms with Gasteiger partial charge < -0.3 is 10.0 Å². The lowest BCUT2D eigenvalue weighted by Gasteiger charge is -2.30. The first-order valence-electron chi connectivity index (χ1n) is 10.3. The first kappa shape index (κ1) is 27.3. The average Bonchev–Trinajstić information content (AvgIpc) is 2.84. The molecule has 0 amide bonds. The van der Waals surface area contributed by atoms with E-state index in [9.17, 15) is 10.0 Å². The van der Waals surface area contributed by atoms with Crippen molar-refractivity contribution in [1.29, 1.82) is 0 Å². The number of rotatable bonds is 2. The van der Waals surface area contributed by atoms with Gasteiger partial charge in [-0.1, -0.05) is 32.8 Å². The van der Waals surface area contributed by atoms with Gasteiger partial charge in [0.15, 0.2) is 0 Å². The van der Waals surface area contributed by atoms with Crippen LogP contribution >= 0.6 is 0 Å². The molecule has 2 N–H and O–H groups in total. The Kier molecular flexibility index (Phi) is 6.97. The van der Waals surface area contributed by atoms with Crippen molar-refractivity contribution >= 4 is 207 Å². The molecule has 0 aliphatic rings. The Morgan fingerprint density at radius 3 is 0.861 bits per heavy atom. The van der Waals surface area contributed by atoms with Crippen LogP contribution in [-0.4, -0.2) is 119 Å². The summed E-state index contributed by atoms with van der Waals surface area (Å²) in [6.07, 6.45) is 0. The Morgan fingerprint density at radius 2 is 0.556 bits per heavy atom. The van der Waals surface area contributed by atoms with Gasteiger partial charge in [-0.2, -0.15) is 0 Å². The summed E-state index contributed by atoms with van der Waals surface area (Å²) < 4.78 is 0. The van der Waals surface area contributed by atoms with Gasteiger partial charge >= 0.3 is 7.12 Å². The van der Waals surface area contributed by atoms with Gasteiger partial charge in [-0.05, 0) is 38.1 Å². The Balaban J connectivity index is 2.60. The van der Waals surface area contributed by atoms with E-state index in [-0.39, 0.29) is 109 Å². The van der Waals surface area contributed by atoms with Crippen molar-refractivity contribution in [3.63, 3.8) is 0 Å². The summed E-state index contributed by atoms with van der Waals surface area (Å²) in [6, 6.07) is 0. The van der Waals surface area contributed by atoms with Crippen molar-refractivity contribution in [2.24, 2.45) is 0 Å². The van der Waals surface area contributed by atoms with E-state index >= 15 is 0 Å². The van der Waals surface area contributed by atoms with Gasteiger partial charge in [0.2, 0.25) is 0 Å². The summed E-state index contributed by atoms with van der Waals surface area (Å²) in [5.41, 5.74) is -1.29. The largest absolute Gasteiger partial charge is 0.489 e. The lowest BCUT2D eigenvalue weighted by atomic mass is 9.55. The molecule has 136 valence electrons. The number of hydrogen-bond acceptors (Lipinski definition) is 2. The third-order valence-electron chi connectivity index (χ3n) is 6.56. The second-order valence-corrected chi connectivity index (χ2v) is 8.42. The molecule has 16 heteroatoms. The van der Waals surface area contributed by atoms with E-state index in [0.29, 0.717) is 0 Å². The smallest absolute Gasteiger partial charge is 0.423 e. The topological polar surface area (TPSA) is 40.5 Å². The number of hydrogen-bond donors (Lipinski definition) is 2. The number of fused-ring (bicyclic) bond motifs is 2. The maximum absolute atomic E-state index is 10.5. The highest BCUT2D eigenvalue weighted by atomic mass is 16.4. The molecule has 2 nitrogen and oxygen atoms in total. The highest BCUT2D eigenvalue weighted by Gasteiger charge is 2.29. The lowest BCUT2D eigenvalue weighted by molar-refractivity contribution is 0.426. The summed E-state index contributed by atoms with van der Waals surface area (Å²) in [5.74, 6) is 0. The van der Waals surface area contributed by atoms with Crippen LogP contribution in [0.15, 0.2) is 0 Å². The second-order valence-electron chi connectivity index (χ2n) is 8.42. The fourth-order valence-electron chi connectivity index (χ4n) is 4.61. The SMILES string of the molecule is [B]c1c([B])c([B])c(-c2c3c([B])c([B])c([B])c([B])c3c(B(O)O)c3c([B])c([B])c([B])c([B])c23)c([B])c1[B]. The zero-order valence-electron chi connectivity index (χ0n) is 19.0. The van der Waals surface area contributed by atoms with E-state index in [1.165, 1.54) is 0 Å².